The summed E-state index contributed by atoms with van der Waals surface area (Å²) in [7, 11) is 0. The molecule has 208 valence electrons. The zero-order valence-corrected chi connectivity index (χ0v) is 26.8. The molecule has 0 spiro atoms. The topological polar surface area (TPSA) is 73.0 Å². The Hall–Kier alpha value is -2.02. The van der Waals surface area contributed by atoms with Gasteiger partial charge in [0.2, 0.25) is 0 Å². The predicted octanol–water partition coefficient (Wildman–Crippen LogP) is 7.77. The van der Waals surface area contributed by atoms with Gasteiger partial charge in [-0.05, 0) is 110 Å². The summed E-state index contributed by atoms with van der Waals surface area (Å²) in [5, 5.41) is 0. The number of hydrogen-bond donors (Lipinski definition) is 1. The van der Waals surface area contributed by atoms with E-state index >= 15 is 0 Å². The van der Waals surface area contributed by atoms with Crippen LogP contribution >= 0.6 is 30.5 Å². The summed E-state index contributed by atoms with van der Waals surface area (Å²) in [6, 6.07) is 4.83. The van der Waals surface area contributed by atoms with E-state index in [9.17, 15) is 9.59 Å². The first-order valence-corrected chi connectivity index (χ1v) is 18.3. The minimum absolute atomic E-state index is 0.00244. The molecule has 1 fully saturated rings. The van der Waals surface area contributed by atoms with Gasteiger partial charge in [-0.2, -0.15) is 0 Å². The molecule has 1 aromatic heterocycles. The minimum atomic E-state index is -2.48. The second-order valence-electron chi connectivity index (χ2n) is 12.9. The standard InChI is InChI=1S/C33H41IN2O2S/c1-8-20-15-21-9-10-23-22(25(21)16-27(20)32(3,4)5)13-14-33(6)29(23)24(26(18-37)30(33)35)11-12-28(38)34(7)31-36-17-19(2)39-31/h7-8,15-18,22-24,29H,1,9-14,35H2,2-6H3/t22?,23?,24-,29?,33+/m1/s1. The number of carbonyl (C=O) groups is 2. The molecule has 0 saturated heterocycles. The summed E-state index contributed by atoms with van der Waals surface area (Å²) in [5.41, 5.74) is 13.6. The highest BCUT2D eigenvalue weighted by molar-refractivity contribution is 14.3. The molecule has 4 nitrogen and oxygen atoms in total. The summed E-state index contributed by atoms with van der Waals surface area (Å²) in [6.45, 7) is 15.2. The maximum absolute atomic E-state index is 13.2. The van der Waals surface area contributed by atoms with E-state index in [4.69, 9.17) is 10.0 Å². The fraction of sp³-hybridized carbons (Fsp3) is 0.515. The highest BCUT2D eigenvalue weighted by Crippen LogP contribution is 2.64. The Labute approximate surface area is 244 Å². The van der Waals surface area contributed by atoms with Crippen LogP contribution in [0.15, 0.2) is 36.2 Å². The minimum Gasteiger partial charge on any atom is -0.401 e. The average molecular weight is 657 g/mol. The van der Waals surface area contributed by atoms with Crippen LogP contribution in [0.4, 0.5) is 0 Å². The fourth-order valence-electron chi connectivity index (χ4n) is 7.86. The molecule has 1 aromatic carbocycles. The van der Waals surface area contributed by atoms with Crippen LogP contribution in [0.3, 0.4) is 0 Å². The number of rotatable bonds is 5. The molecular formula is C33H41IN2O2S. The summed E-state index contributed by atoms with van der Waals surface area (Å²) in [4.78, 5) is 31.2. The van der Waals surface area contributed by atoms with Gasteiger partial charge in [-0.25, -0.2) is 4.98 Å². The van der Waals surface area contributed by atoms with Gasteiger partial charge in [0.25, 0.3) is 0 Å². The number of aromatic nitrogens is 1. The van der Waals surface area contributed by atoms with Gasteiger partial charge in [-0.15, -0.1) is 15.6 Å². The second-order valence-corrected chi connectivity index (χ2v) is 18.9. The van der Waals surface area contributed by atoms with Crippen LogP contribution in [0.2, 0.25) is 0 Å². The van der Waals surface area contributed by atoms with E-state index in [0.717, 1.165) is 51.1 Å². The van der Waals surface area contributed by atoms with Crippen LogP contribution < -0.4 is 5.73 Å². The number of aryl methyl sites for hydroxylation is 2. The van der Waals surface area contributed by atoms with Crippen molar-refractivity contribution in [3.8, 4) is 4.31 Å². The summed E-state index contributed by atoms with van der Waals surface area (Å²) in [5.74, 6) is 1.14. The summed E-state index contributed by atoms with van der Waals surface area (Å²) in [6.07, 6.45) is 9.96. The van der Waals surface area contributed by atoms with Gasteiger partial charge in [0.05, 0.1) is 0 Å². The van der Waals surface area contributed by atoms with Crippen molar-refractivity contribution in [2.75, 3.05) is 0 Å². The lowest BCUT2D eigenvalue weighted by atomic mass is 9.53. The molecule has 2 aromatic rings. The molecule has 0 radical (unpaired) electrons. The molecule has 6 heteroatoms. The lowest BCUT2D eigenvalue weighted by Crippen LogP contribution is -2.45. The molecule has 39 heavy (non-hydrogen) atoms. The lowest BCUT2D eigenvalue weighted by Gasteiger charge is -2.51. The molecule has 3 aliphatic carbocycles. The lowest BCUT2D eigenvalue weighted by molar-refractivity contribution is -0.110. The Morgan fingerprint density at radius 1 is 1.33 bits per heavy atom. The number of aldehydes is 1. The summed E-state index contributed by atoms with van der Waals surface area (Å²) < 4.78 is 7.42. The van der Waals surface area contributed by atoms with Crippen LogP contribution in [0.1, 0.15) is 92.8 Å². The van der Waals surface area contributed by atoms with E-state index < -0.39 is 19.1 Å². The number of thiazole rings is 1. The van der Waals surface area contributed by atoms with Crippen molar-refractivity contribution in [1.29, 1.82) is 0 Å². The first-order valence-electron chi connectivity index (χ1n) is 14.0. The number of hydrogen-bond acceptors (Lipinski definition) is 5. The molecule has 0 aliphatic heterocycles. The van der Waals surface area contributed by atoms with Gasteiger partial charge in [0.15, 0.2) is 6.80 Å². The maximum atomic E-state index is 13.2. The van der Waals surface area contributed by atoms with Crippen molar-refractivity contribution in [3.63, 3.8) is 0 Å². The second kappa shape index (κ2) is 10.4. The maximum Gasteiger partial charge on any atom is 0.191 e. The van der Waals surface area contributed by atoms with Crippen LogP contribution in [0, 0.1) is 37.4 Å². The Kier molecular flexibility index (Phi) is 7.62. The third kappa shape index (κ3) is 4.81. The number of benzene rings is 1. The van der Waals surface area contributed by atoms with Crippen molar-refractivity contribution < 1.29 is 9.59 Å². The molecule has 2 N–H and O–H groups in total. The highest BCUT2D eigenvalue weighted by atomic mass is 127. The van der Waals surface area contributed by atoms with Gasteiger partial charge in [-0.1, -0.05) is 52.5 Å². The van der Waals surface area contributed by atoms with Crippen molar-refractivity contribution in [2.45, 2.75) is 84.5 Å². The monoisotopic (exact) mass is 656 g/mol. The third-order valence-corrected chi connectivity index (χ3v) is 15.3. The van der Waals surface area contributed by atoms with E-state index in [1.54, 1.807) is 6.20 Å². The first-order chi connectivity index (χ1) is 18.4. The number of nitrogens with zero attached hydrogens (tertiary/aromatic N) is 1. The predicted molar refractivity (Wildman–Crippen MR) is 170 cm³/mol. The van der Waals surface area contributed by atoms with Gasteiger partial charge >= 0.3 is 0 Å². The van der Waals surface area contributed by atoms with Gasteiger partial charge < -0.3 is 5.73 Å². The smallest absolute Gasteiger partial charge is 0.191 e. The van der Waals surface area contributed by atoms with Crippen molar-refractivity contribution >= 4 is 46.6 Å². The molecule has 3 aliphatic rings. The largest absolute Gasteiger partial charge is 0.401 e. The number of carbonyl (C=O) groups excluding carboxylic acids is 2. The van der Waals surface area contributed by atoms with E-state index in [1.165, 1.54) is 33.6 Å². The van der Waals surface area contributed by atoms with Gasteiger partial charge in [0, 0.05) is 34.2 Å². The number of allylic oxidation sites excluding steroid dienone is 2. The van der Waals surface area contributed by atoms with Crippen LogP contribution in [-0.4, -0.2) is 15.1 Å². The fourth-order valence-corrected chi connectivity index (χ4v) is 12.6. The highest BCUT2D eigenvalue weighted by Gasteiger charge is 2.57. The van der Waals surface area contributed by atoms with Crippen molar-refractivity contribution in [1.82, 2.24) is 4.98 Å². The number of halogens is 1. The number of nitrogens with two attached hydrogens (primary N) is 1. The van der Waals surface area contributed by atoms with Crippen LogP contribution in [0.25, 0.3) is 6.08 Å². The van der Waals surface area contributed by atoms with Crippen LogP contribution in [0.5, 0.6) is 0 Å². The van der Waals surface area contributed by atoms with Crippen LogP contribution in [-0.2, 0) is 21.4 Å². The zero-order chi connectivity index (χ0) is 28.3. The van der Waals surface area contributed by atoms with E-state index in [1.807, 2.05) is 13.0 Å². The third-order valence-electron chi connectivity index (χ3n) is 9.71. The normalized spacial score (nSPS) is 28.1. The number of fused-ring (bicyclic) bond motifs is 5. The summed E-state index contributed by atoms with van der Waals surface area (Å²) >= 11 is -0.935. The van der Waals surface area contributed by atoms with Gasteiger partial charge in [-0.3, -0.25) is 9.59 Å². The SMILES string of the molecule is C#I(C(=O)CC[C@@H]1C(C=O)=C(N)[C@@]2(C)CCC3c4cc(C(C)(C)C)c(C=C)cc4CCC3C12)c1ncc(C)s1. The van der Waals surface area contributed by atoms with Crippen molar-refractivity contribution in [2.24, 2.45) is 28.9 Å². The van der Waals surface area contributed by atoms with E-state index in [-0.39, 0.29) is 26.5 Å². The quantitative estimate of drug-likeness (QED) is 0.203. The van der Waals surface area contributed by atoms with E-state index in [0.29, 0.717) is 24.7 Å². The van der Waals surface area contributed by atoms with E-state index in [2.05, 4.69) is 51.4 Å². The molecule has 1 heterocycles. The first kappa shape index (κ1) is 28.5. The molecule has 5 rings (SSSR count). The molecule has 3 unspecified atom stereocenters. The Morgan fingerprint density at radius 3 is 2.69 bits per heavy atom. The van der Waals surface area contributed by atoms with Gasteiger partial charge in [0.1, 0.15) is 6.29 Å². The average Bonchev–Trinajstić information content (AvgIpc) is 3.43. The Morgan fingerprint density at radius 2 is 2.08 bits per heavy atom. The Balaban J connectivity index is 1.47. The Bertz CT molecular complexity index is 1450. The molecule has 5 atom stereocenters. The molecular weight excluding hydrogens is 615 g/mol. The molecule has 0 amide bonds. The zero-order valence-electron chi connectivity index (χ0n) is 23.9. The molecule has 1 saturated carbocycles. The molecule has 0 bridgehead atoms. The van der Waals surface area contributed by atoms with Crippen molar-refractivity contribution in [3.05, 3.63) is 66.3 Å².